The molecule has 0 aliphatic heterocycles. The summed E-state index contributed by atoms with van der Waals surface area (Å²) < 4.78 is 40.7. The van der Waals surface area contributed by atoms with E-state index in [2.05, 4.69) is 20.0 Å². The molecule has 0 aliphatic rings. The van der Waals surface area contributed by atoms with Crippen molar-refractivity contribution < 1.29 is 17.6 Å². The van der Waals surface area contributed by atoms with E-state index in [0.29, 0.717) is 22.8 Å². The number of rotatable bonds is 6. The number of nitrogens with one attached hydrogen (secondary N) is 2. The maximum absolute atomic E-state index is 13.2. The van der Waals surface area contributed by atoms with Crippen molar-refractivity contribution in [2.75, 3.05) is 10.0 Å². The van der Waals surface area contributed by atoms with Crippen molar-refractivity contribution in [2.24, 2.45) is 0 Å². The molecule has 1 amide bonds. The van der Waals surface area contributed by atoms with Gasteiger partial charge < -0.3 is 5.32 Å². The molecule has 9 heteroatoms. The molecule has 150 valence electrons. The second-order valence-corrected chi connectivity index (χ2v) is 8.11. The average molecular weight is 414 g/mol. The maximum atomic E-state index is 13.2. The lowest BCUT2D eigenvalue weighted by Crippen LogP contribution is -2.16. The Morgan fingerprint density at radius 3 is 2.41 bits per heavy atom. The van der Waals surface area contributed by atoms with Crippen molar-refractivity contribution in [1.29, 1.82) is 0 Å². The van der Waals surface area contributed by atoms with Crippen LogP contribution < -0.4 is 10.0 Å². The molecule has 0 unspecified atom stereocenters. The Morgan fingerprint density at radius 2 is 1.76 bits per heavy atom. The zero-order valence-electron chi connectivity index (χ0n) is 15.8. The predicted molar refractivity (Wildman–Crippen MR) is 107 cm³/mol. The Kier molecular flexibility index (Phi) is 5.88. The largest absolute Gasteiger partial charge is 0.326 e. The van der Waals surface area contributed by atoms with Crippen LogP contribution >= 0.6 is 0 Å². The van der Waals surface area contributed by atoms with E-state index < -0.39 is 15.8 Å². The van der Waals surface area contributed by atoms with E-state index in [9.17, 15) is 17.6 Å². The van der Waals surface area contributed by atoms with Gasteiger partial charge in [0, 0.05) is 17.4 Å². The Balaban J connectivity index is 1.67. The second-order valence-electron chi connectivity index (χ2n) is 6.43. The summed E-state index contributed by atoms with van der Waals surface area (Å²) in [4.78, 5) is 20.3. The standard InChI is InChI=1S/C20H19FN4O3S/c1-13-10-19(23-14(2)22-13)25-29(27,28)18-8-6-17(7-9-18)24-20(26)12-15-4-3-5-16(21)11-15/h3-11H,12H2,1-2H3,(H,24,26)(H,22,23,25). The van der Waals surface area contributed by atoms with E-state index >= 15 is 0 Å². The lowest BCUT2D eigenvalue weighted by molar-refractivity contribution is -0.115. The summed E-state index contributed by atoms with van der Waals surface area (Å²) in [7, 11) is -3.84. The number of halogens is 1. The van der Waals surface area contributed by atoms with E-state index in [-0.39, 0.29) is 23.0 Å². The fraction of sp³-hybridized carbons (Fsp3) is 0.150. The minimum absolute atomic E-state index is 0.00573. The number of aromatic nitrogens is 2. The molecular formula is C20H19FN4O3S. The first-order valence-electron chi connectivity index (χ1n) is 8.71. The van der Waals surface area contributed by atoms with E-state index in [1.54, 1.807) is 19.9 Å². The summed E-state index contributed by atoms with van der Waals surface area (Å²) in [6, 6.07) is 13.0. The average Bonchev–Trinajstić information content (AvgIpc) is 2.60. The molecule has 1 heterocycles. The molecule has 0 saturated heterocycles. The van der Waals surface area contributed by atoms with E-state index in [0.717, 1.165) is 0 Å². The smallest absolute Gasteiger partial charge is 0.263 e. The Morgan fingerprint density at radius 1 is 1.03 bits per heavy atom. The van der Waals surface area contributed by atoms with E-state index in [1.165, 1.54) is 48.5 Å². The fourth-order valence-corrected chi connectivity index (χ4v) is 3.71. The van der Waals surface area contributed by atoms with Crippen LogP contribution in [0.3, 0.4) is 0 Å². The van der Waals surface area contributed by atoms with Gasteiger partial charge in [0.2, 0.25) is 5.91 Å². The molecule has 7 nitrogen and oxygen atoms in total. The third-order valence-electron chi connectivity index (χ3n) is 3.91. The van der Waals surface area contributed by atoms with Gasteiger partial charge in [0.05, 0.1) is 11.3 Å². The molecule has 0 radical (unpaired) electrons. The molecule has 0 fully saturated rings. The van der Waals surface area contributed by atoms with Crippen LogP contribution in [0.15, 0.2) is 59.5 Å². The van der Waals surface area contributed by atoms with Gasteiger partial charge in [0.25, 0.3) is 10.0 Å². The molecular weight excluding hydrogens is 395 g/mol. The van der Waals surface area contributed by atoms with Crippen molar-refractivity contribution in [1.82, 2.24) is 9.97 Å². The summed E-state index contributed by atoms with van der Waals surface area (Å²) in [6.45, 7) is 3.42. The molecule has 3 aromatic rings. The van der Waals surface area contributed by atoms with Crippen LogP contribution in [0.5, 0.6) is 0 Å². The van der Waals surface area contributed by atoms with Gasteiger partial charge in [-0.15, -0.1) is 0 Å². The zero-order chi connectivity index (χ0) is 21.0. The third kappa shape index (κ3) is 5.58. The topological polar surface area (TPSA) is 101 Å². The van der Waals surface area contributed by atoms with Gasteiger partial charge in [-0.1, -0.05) is 12.1 Å². The van der Waals surface area contributed by atoms with Crippen LogP contribution in [0.1, 0.15) is 17.1 Å². The molecule has 0 aliphatic carbocycles. The van der Waals surface area contributed by atoms with Gasteiger partial charge in [-0.3, -0.25) is 9.52 Å². The molecule has 0 saturated carbocycles. The van der Waals surface area contributed by atoms with Crippen LogP contribution in [0.2, 0.25) is 0 Å². The van der Waals surface area contributed by atoms with E-state index in [1.807, 2.05) is 0 Å². The number of aryl methyl sites for hydroxylation is 2. The molecule has 1 aromatic heterocycles. The minimum atomic E-state index is -3.84. The summed E-state index contributed by atoms with van der Waals surface area (Å²) in [5, 5.41) is 2.66. The normalized spacial score (nSPS) is 11.1. The number of hydrogen-bond donors (Lipinski definition) is 2. The number of carbonyl (C=O) groups is 1. The molecule has 3 rings (SSSR count). The van der Waals surface area contributed by atoms with Gasteiger partial charge in [-0.2, -0.15) is 0 Å². The van der Waals surface area contributed by atoms with Crippen LogP contribution in [-0.4, -0.2) is 24.3 Å². The summed E-state index contributed by atoms with van der Waals surface area (Å²) >= 11 is 0. The van der Waals surface area contributed by atoms with Gasteiger partial charge >= 0.3 is 0 Å². The molecule has 2 N–H and O–H groups in total. The summed E-state index contributed by atoms with van der Waals surface area (Å²) in [6.07, 6.45) is 0.00573. The van der Waals surface area contributed by atoms with E-state index in [4.69, 9.17) is 0 Å². The first kappa shape index (κ1) is 20.4. The molecule has 0 atom stereocenters. The van der Waals surface area contributed by atoms with Crippen molar-refractivity contribution in [3.63, 3.8) is 0 Å². The first-order chi connectivity index (χ1) is 13.7. The highest BCUT2D eigenvalue weighted by molar-refractivity contribution is 7.92. The Labute approximate surface area is 168 Å². The number of nitrogens with zero attached hydrogens (tertiary/aromatic N) is 2. The van der Waals surface area contributed by atoms with Crippen molar-refractivity contribution in [3.05, 3.63) is 77.5 Å². The SMILES string of the molecule is Cc1cc(NS(=O)(=O)c2ccc(NC(=O)Cc3cccc(F)c3)cc2)nc(C)n1. The van der Waals surface area contributed by atoms with Crippen molar-refractivity contribution in [3.8, 4) is 0 Å². The molecule has 0 bridgehead atoms. The van der Waals surface area contributed by atoms with Crippen LogP contribution in [0.4, 0.5) is 15.9 Å². The fourth-order valence-electron chi connectivity index (χ4n) is 2.72. The van der Waals surface area contributed by atoms with Gasteiger partial charge in [0.15, 0.2) is 0 Å². The Hall–Kier alpha value is -3.33. The summed E-state index contributed by atoms with van der Waals surface area (Å²) in [5.41, 5.74) is 1.62. The lowest BCUT2D eigenvalue weighted by atomic mass is 10.1. The van der Waals surface area contributed by atoms with Gasteiger partial charge in [0.1, 0.15) is 17.5 Å². The van der Waals surface area contributed by atoms with Crippen LogP contribution in [0, 0.1) is 19.7 Å². The van der Waals surface area contributed by atoms with Crippen LogP contribution in [-0.2, 0) is 21.2 Å². The second kappa shape index (κ2) is 8.36. The quantitative estimate of drug-likeness (QED) is 0.645. The third-order valence-corrected chi connectivity index (χ3v) is 5.28. The molecule has 2 aromatic carbocycles. The number of sulfonamides is 1. The van der Waals surface area contributed by atoms with Crippen molar-refractivity contribution >= 4 is 27.4 Å². The number of amides is 1. The molecule has 29 heavy (non-hydrogen) atoms. The van der Waals surface area contributed by atoms with Gasteiger partial charge in [-0.25, -0.2) is 22.8 Å². The highest BCUT2D eigenvalue weighted by Crippen LogP contribution is 2.18. The number of anilines is 2. The van der Waals surface area contributed by atoms with Crippen molar-refractivity contribution in [2.45, 2.75) is 25.2 Å². The lowest BCUT2D eigenvalue weighted by Gasteiger charge is -2.10. The number of benzene rings is 2. The number of hydrogen-bond acceptors (Lipinski definition) is 5. The first-order valence-corrected chi connectivity index (χ1v) is 10.2. The minimum Gasteiger partial charge on any atom is -0.326 e. The highest BCUT2D eigenvalue weighted by Gasteiger charge is 2.16. The predicted octanol–water partition coefficient (Wildman–Crippen LogP) is 3.21. The highest BCUT2D eigenvalue weighted by atomic mass is 32.2. The maximum Gasteiger partial charge on any atom is 0.263 e. The summed E-state index contributed by atoms with van der Waals surface area (Å²) in [5.74, 6) is -0.107. The monoisotopic (exact) mass is 414 g/mol. The number of carbonyl (C=O) groups excluding carboxylic acids is 1. The van der Waals surface area contributed by atoms with Gasteiger partial charge in [-0.05, 0) is 55.8 Å². The molecule has 0 spiro atoms. The zero-order valence-corrected chi connectivity index (χ0v) is 16.6. The Bertz CT molecular complexity index is 1130. The van der Waals surface area contributed by atoms with Crippen LogP contribution in [0.25, 0.3) is 0 Å².